The maximum absolute atomic E-state index is 10.4. The molecule has 0 aromatic heterocycles. The van der Waals surface area contributed by atoms with Gasteiger partial charge in [-0.3, -0.25) is 4.90 Å². The second-order valence-electron chi connectivity index (χ2n) is 7.10. The molecule has 22 heavy (non-hydrogen) atoms. The summed E-state index contributed by atoms with van der Waals surface area (Å²) in [5, 5.41) is 20.1. The Labute approximate surface area is 133 Å². The smallest absolute Gasteiger partial charge is 0.120 e. The Morgan fingerprint density at radius 1 is 1.41 bits per heavy atom. The number of nitrogens with zero attached hydrogens (tertiary/aromatic N) is 1. The second-order valence-corrected chi connectivity index (χ2v) is 7.10. The summed E-state index contributed by atoms with van der Waals surface area (Å²) in [5.74, 6) is 0.423. The van der Waals surface area contributed by atoms with E-state index in [1.165, 1.54) is 5.56 Å². The summed E-state index contributed by atoms with van der Waals surface area (Å²) in [5.41, 5.74) is 3.20. The molecule has 0 aliphatic carbocycles. The Morgan fingerprint density at radius 2 is 2.09 bits per heavy atom. The quantitative estimate of drug-likeness (QED) is 0.842. The zero-order valence-electron chi connectivity index (χ0n) is 14.0. The van der Waals surface area contributed by atoms with Crippen molar-refractivity contribution < 1.29 is 14.9 Å². The van der Waals surface area contributed by atoms with Gasteiger partial charge in [0.1, 0.15) is 11.5 Å². The van der Waals surface area contributed by atoms with Gasteiger partial charge in [0.05, 0.1) is 19.3 Å². The normalized spacial score (nSPS) is 20.1. The standard InChI is InChI=1S/C18H27NO3/c1-12-8-14(17(21)9-15(12)18(3,4)5)10-19-6-7-22-11-16(19)13(2)20/h8-9,16,20-21H,2,6-7,10-11H2,1,3-5H3/t16-/m0/s1. The van der Waals surface area contributed by atoms with E-state index in [1.54, 1.807) is 0 Å². The molecular formula is C18H27NO3. The van der Waals surface area contributed by atoms with Gasteiger partial charge < -0.3 is 14.9 Å². The maximum atomic E-state index is 10.4. The number of morpholine rings is 1. The maximum Gasteiger partial charge on any atom is 0.120 e. The van der Waals surface area contributed by atoms with Crippen LogP contribution in [-0.4, -0.2) is 40.9 Å². The minimum atomic E-state index is -0.212. The molecule has 2 N–H and O–H groups in total. The van der Waals surface area contributed by atoms with Crippen molar-refractivity contribution >= 4 is 0 Å². The third kappa shape index (κ3) is 3.62. The number of hydrogen-bond acceptors (Lipinski definition) is 4. The lowest BCUT2D eigenvalue weighted by atomic mass is 9.83. The third-order valence-electron chi connectivity index (χ3n) is 4.23. The van der Waals surface area contributed by atoms with Crippen LogP contribution in [0.2, 0.25) is 0 Å². The fourth-order valence-corrected chi connectivity index (χ4v) is 3.04. The first-order chi connectivity index (χ1) is 10.2. The van der Waals surface area contributed by atoms with Gasteiger partial charge in [0, 0.05) is 18.7 Å². The topological polar surface area (TPSA) is 52.9 Å². The second kappa shape index (κ2) is 6.31. The summed E-state index contributed by atoms with van der Waals surface area (Å²) in [6, 6.07) is 3.70. The molecule has 1 atom stereocenters. The highest BCUT2D eigenvalue weighted by Crippen LogP contribution is 2.32. The van der Waals surface area contributed by atoms with Crippen LogP contribution in [0.25, 0.3) is 0 Å². The van der Waals surface area contributed by atoms with Crippen molar-refractivity contribution in [2.45, 2.75) is 45.7 Å². The molecule has 1 aromatic rings. The molecule has 1 saturated heterocycles. The van der Waals surface area contributed by atoms with Gasteiger partial charge in [0.2, 0.25) is 0 Å². The van der Waals surface area contributed by atoms with E-state index in [1.807, 2.05) is 12.1 Å². The molecule has 0 radical (unpaired) electrons. The highest BCUT2D eigenvalue weighted by Gasteiger charge is 2.27. The van der Waals surface area contributed by atoms with E-state index in [4.69, 9.17) is 4.74 Å². The number of aromatic hydroxyl groups is 1. The molecule has 0 unspecified atom stereocenters. The molecule has 1 fully saturated rings. The van der Waals surface area contributed by atoms with Crippen LogP contribution in [0.5, 0.6) is 5.75 Å². The van der Waals surface area contributed by atoms with Gasteiger partial charge >= 0.3 is 0 Å². The number of benzene rings is 1. The summed E-state index contributed by atoms with van der Waals surface area (Å²) in [6.07, 6.45) is 0. The first-order valence-electron chi connectivity index (χ1n) is 7.72. The average Bonchev–Trinajstić information content (AvgIpc) is 2.41. The first kappa shape index (κ1) is 16.8. The monoisotopic (exact) mass is 305 g/mol. The van der Waals surface area contributed by atoms with Gasteiger partial charge in [-0.1, -0.05) is 33.4 Å². The number of aryl methyl sites for hydroxylation is 1. The fourth-order valence-electron chi connectivity index (χ4n) is 3.04. The number of hydrogen-bond donors (Lipinski definition) is 2. The van der Waals surface area contributed by atoms with Crippen LogP contribution in [-0.2, 0) is 16.7 Å². The number of rotatable bonds is 3. The van der Waals surface area contributed by atoms with E-state index >= 15 is 0 Å². The molecule has 1 heterocycles. The van der Waals surface area contributed by atoms with Crippen LogP contribution >= 0.6 is 0 Å². The number of phenolic OH excluding ortho intramolecular Hbond substituents is 1. The van der Waals surface area contributed by atoms with Crippen LogP contribution in [0.3, 0.4) is 0 Å². The third-order valence-corrected chi connectivity index (χ3v) is 4.23. The molecule has 2 rings (SSSR count). The molecule has 122 valence electrons. The van der Waals surface area contributed by atoms with Gasteiger partial charge in [-0.15, -0.1) is 0 Å². The Balaban J connectivity index is 2.26. The Kier molecular flexibility index (Phi) is 4.83. The lowest BCUT2D eigenvalue weighted by Crippen LogP contribution is -2.45. The highest BCUT2D eigenvalue weighted by atomic mass is 16.5. The van der Waals surface area contributed by atoms with Crippen molar-refractivity contribution in [1.29, 1.82) is 0 Å². The van der Waals surface area contributed by atoms with Gasteiger partial charge in [0.25, 0.3) is 0 Å². The van der Waals surface area contributed by atoms with Gasteiger partial charge in [-0.25, -0.2) is 0 Å². The zero-order valence-corrected chi connectivity index (χ0v) is 14.0. The van der Waals surface area contributed by atoms with Crippen molar-refractivity contribution in [3.8, 4) is 5.75 Å². The minimum absolute atomic E-state index is 0.000970. The molecule has 4 heteroatoms. The van der Waals surface area contributed by atoms with Gasteiger partial charge in [-0.2, -0.15) is 0 Å². The Morgan fingerprint density at radius 3 is 2.68 bits per heavy atom. The van der Waals surface area contributed by atoms with E-state index < -0.39 is 0 Å². The highest BCUT2D eigenvalue weighted by molar-refractivity contribution is 5.44. The molecule has 1 aromatic carbocycles. The van der Waals surface area contributed by atoms with Crippen molar-refractivity contribution in [3.63, 3.8) is 0 Å². The summed E-state index contributed by atoms with van der Waals surface area (Å²) < 4.78 is 5.40. The molecule has 0 saturated carbocycles. The van der Waals surface area contributed by atoms with Crippen LogP contribution in [0.4, 0.5) is 0 Å². The number of phenols is 1. The molecule has 0 spiro atoms. The van der Waals surface area contributed by atoms with Crippen LogP contribution < -0.4 is 0 Å². The summed E-state index contributed by atoms with van der Waals surface area (Å²) in [4.78, 5) is 2.09. The zero-order chi connectivity index (χ0) is 16.5. The fraction of sp³-hybridized carbons (Fsp3) is 0.556. The summed E-state index contributed by atoms with van der Waals surface area (Å²) >= 11 is 0. The van der Waals surface area contributed by atoms with E-state index in [9.17, 15) is 10.2 Å². The van der Waals surface area contributed by atoms with Crippen LogP contribution in [0.15, 0.2) is 24.5 Å². The largest absolute Gasteiger partial charge is 0.511 e. The molecule has 1 aliphatic heterocycles. The van der Waals surface area contributed by atoms with Crippen molar-refractivity contribution in [2.75, 3.05) is 19.8 Å². The van der Waals surface area contributed by atoms with Crippen molar-refractivity contribution in [3.05, 3.63) is 41.2 Å². The first-order valence-corrected chi connectivity index (χ1v) is 7.72. The molecule has 0 bridgehead atoms. The van der Waals surface area contributed by atoms with E-state index in [-0.39, 0.29) is 17.2 Å². The minimum Gasteiger partial charge on any atom is -0.511 e. The number of aliphatic hydroxyl groups excluding tert-OH is 1. The molecule has 1 aliphatic rings. The van der Waals surface area contributed by atoms with Gasteiger partial charge in [-0.05, 0) is 29.5 Å². The molecule has 0 amide bonds. The lowest BCUT2D eigenvalue weighted by molar-refractivity contribution is -0.0112. The Bertz CT molecular complexity index is 560. The summed E-state index contributed by atoms with van der Waals surface area (Å²) in [7, 11) is 0. The van der Waals surface area contributed by atoms with Gasteiger partial charge in [0.15, 0.2) is 0 Å². The van der Waals surface area contributed by atoms with Crippen LogP contribution in [0, 0.1) is 6.92 Å². The van der Waals surface area contributed by atoms with E-state index in [0.29, 0.717) is 32.1 Å². The average molecular weight is 305 g/mol. The molecule has 4 nitrogen and oxygen atoms in total. The van der Waals surface area contributed by atoms with Crippen LogP contribution in [0.1, 0.15) is 37.5 Å². The van der Waals surface area contributed by atoms with E-state index in [0.717, 1.165) is 11.1 Å². The number of ether oxygens (including phenoxy) is 1. The SMILES string of the molecule is C=C(O)[C@@H]1COCCN1Cc1cc(C)c(C(C)(C)C)cc1O. The van der Waals surface area contributed by atoms with Crippen molar-refractivity contribution in [1.82, 2.24) is 4.90 Å². The van der Waals surface area contributed by atoms with Crippen molar-refractivity contribution in [2.24, 2.45) is 0 Å². The number of aliphatic hydroxyl groups is 1. The predicted octanol–water partition coefficient (Wildman–Crippen LogP) is 3.27. The lowest BCUT2D eigenvalue weighted by Gasteiger charge is -2.35. The van der Waals surface area contributed by atoms with E-state index in [2.05, 4.69) is 39.2 Å². The Hall–Kier alpha value is -1.52. The molecular weight excluding hydrogens is 278 g/mol. The predicted molar refractivity (Wildman–Crippen MR) is 88.3 cm³/mol. The summed E-state index contributed by atoms with van der Waals surface area (Å²) in [6.45, 7) is 14.5.